The van der Waals surface area contributed by atoms with Gasteiger partial charge in [0.15, 0.2) is 0 Å². The monoisotopic (exact) mass is 260 g/mol. The van der Waals surface area contributed by atoms with Crippen LogP contribution in [0.1, 0.15) is 31.0 Å². The summed E-state index contributed by atoms with van der Waals surface area (Å²) in [6, 6.07) is 5.26. The first-order valence-corrected chi connectivity index (χ1v) is 6.05. The zero-order valence-electron chi connectivity index (χ0n) is 10.7. The summed E-state index contributed by atoms with van der Waals surface area (Å²) in [6.07, 6.45) is -4.34. The third-order valence-electron chi connectivity index (χ3n) is 3.10. The molecule has 0 aliphatic carbocycles. The lowest BCUT2D eigenvalue weighted by Gasteiger charge is -2.30. The van der Waals surface area contributed by atoms with Crippen LogP contribution in [0.2, 0.25) is 0 Å². The number of likely N-dealkylation sites (N-methyl/N-ethyl adjacent to an activating group) is 1. The first-order valence-electron chi connectivity index (χ1n) is 6.05. The van der Waals surface area contributed by atoms with Gasteiger partial charge in [-0.2, -0.15) is 13.2 Å². The van der Waals surface area contributed by atoms with Crippen LogP contribution in [0.15, 0.2) is 24.3 Å². The van der Waals surface area contributed by atoms with Crippen molar-refractivity contribution in [2.24, 2.45) is 5.73 Å². The van der Waals surface area contributed by atoms with Crippen LogP contribution in [-0.4, -0.2) is 24.5 Å². The number of halogens is 3. The van der Waals surface area contributed by atoms with E-state index in [1.165, 1.54) is 12.1 Å². The minimum atomic E-state index is -4.34. The maximum absolute atomic E-state index is 13.0. The second-order valence-electron chi connectivity index (χ2n) is 4.06. The molecule has 0 heterocycles. The Morgan fingerprint density at radius 3 is 2.17 bits per heavy atom. The molecule has 2 N–H and O–H groups in total. The van der Waals surface area contributed by atoms with Gasteiger partial charge in [0.25, 0.3) is 0 Å². The van der Waals surface area contributed by atoms with Crippen LogP contribution in [0.25, 0.3) is 0 Å². The van der Waals surface area contributed by atoms with Crippen molar-refractivity contribution in [3.63, 3.8) is 0 Å². The van der Waals surface area contributed by atoms with Crippen molar-refractivity contribution in [3.05, 3.63) is 35.4 Å². The lowest BCUT2D eigenvalue weighted by Crippen LogP contribution is -2.34. The van der Waals surface area contributed by atoms with E-state index < -0.39 is 17.8 Å². The van der Waals surface area contributed by atoms with Gasteiger partial charge in [0.2, 0.25) is 0 Å². The Kier molecular flexibility index (Phi) is 5.16. The fraction of sp³-hybridized carbons (Fsp3) is 0.538. The van der Waals surface area contributed by atoms with Gasteiger partial charge in [-0.1, -0.05) is 32.0 Å². The van der Waals surface area contributed by atoms with E-state index in [9.17, 15) is 13.2 Å². The highest BCUT2D eigenvalue weighted by atomic mass is 19.4. The second kappa shape index (κ2) is 6.20. The average molecular weight is 260 g/mol. The van der Waals surface area contributed by atoms with E-state index in [-0.39, 0.29) is 12.1 Å². The van der Waals surface area contributed by atoms with Crippen LogP contribution >= 0.6 is 0 Å². The Morgan fingerprint density at radius 1 is 1.17 bits per heavy atom. The summed E-state index contributed by atoms with van der Waals surface area (Å²) in [4.78, 5) is 1.94. The molecule has 1 aromatic rings. The molecular formula is C13H19F3N2. The molecule has 5 heteroatoms. The predicted molar refractivity (Wildman–Crippen MR) is 66.2 cm³/mol. The molecule has 0 spiro atoms. The van der Waals surface area contributed by atoms with E-state index in [0.29, 0.717) is 13.1 Å². The van der Waals surface area contributed by atoms with Crippen molar-refractivity contribution in [2.75, 3.05) is 19.6 Å². The van der Waals surface area contributed by atoms with Gasteiger partial charge in [0, 0.05) is 12.6 Å². The summed E-state index contributed by atoms with van der Waals surface area (Å²) >= 11 is 0. The lowest BCUT2D eigenvalue weighted by molar-refractivity contribution is -0.138. The van der Waals surface area contributed by atoms with Gasteiger partial charge in [-0.05, 0) is 24.7 Å². The molecule has 0 aromatic heterocycles. The Labute approximate surface area is 106 Å². The average Bonchev–Trinajstić information content (AvgIpc) is 2.34. The van der Waals surface area contributed by atoms with Crippen molar-refractivity contribution in [3.8, 4) is 0 Å². The van der Waals surface area contributed by atoms with E-state index in [0.717, 1.165) is 6.07 Å². The van der Waals surface area contributed by atoms with Crippen LogP contribution in [-0.2, 0) is 6.18 Å². The summed E-state index contributed by atoms with van der Waals surface area (Å²) in [5, 5.41) is 0. The molecule has 0 saturated heterocycles. The first-order chi connectivity index (χ1) is 8.45. The number of hydrogen-bond donors (Lipinski definition) is 1. The molecule has 0 bridgehead atoms. The highest BCUT2D eigenvalue weighted by molar-refractivity contribution is 5.32. The molecule has 2 nitrogen and oxygen atoms in total. The van der Waals surface area contributed by atoms with Crippen molar-refractivity contribution in [2.45, 2.75) is 26.1 Å². The number of rotatable bonds is 5. The summed E-state index contributed by atoms with van der Waals surface area (Å²) in [5.74, 6) is 0. The van der Waals surface area contributed by atoms with Gasteiger partial charge in [-0.25, -0.2) is 0 Å². The molecule has 0 fully saturated rings. The van der Waals surface area contributed by atoms with Gasteiger partial charge in [0.05, 0.1) is 5.56 Å². The number of alkyl halides is 3. The Balaban J connectivity index is 3.21. The first kappa shape index (κ1) is 15.0. The maximum atomic E-state index is 13.0. The Hall–Kier alpha value is -1.07. The van der Waals surface area contributed by atoms with E-state index in [1.807, 2.05) is 18.7 Å². The predicted octanol–water partition coefficient (Wildman–Crippen LogP) is 3.05. The van der Waals surface area contributed by atoms with E-state index >= 15 is 0 Å². The summed E-state index contributed by atoms with van der Waals surface area (Å²) in [7, 11) is 0. The summed E-state index contributed by atoms with van der Waals surface area (Å²) in [5.41, 5.74) is 5.33. The SMILES string of the molecule is CCN(CC)[C@H](CN)c1ccccc1C(F)(F)F. The highest BCUT2D eigenvalue weighted by Crippen LogP contribution is 2.35. The van der Waals surface area contributed by atoms with Crippen LogP contribution in [0.5, 0.6) is 0 Å². The van der Waals surface area contributed by atoms with Crippen molar-refractivity contribution >= 4 is 0 Å². The molecule has 0 aliphatic heterocycles. The Bertz CT molecular complexity index is 373. The topological polar surface area (TPSA) is 29.3 Å². The zero-order chi connectivity index (χ0) is 13.8. The molecule has 0 amide bonds. The molecule has 1 atom stereocenters. The molecule has 102 valence electrons. The molecular weight excluding hydrogens is 241 g/mol. The fourth-order valence-corrected chi connectivity index (χ4v) is 2.18. The molecule has 18 heavy (non-hydrogen) atoms. The van der Waals surface area contributed by atoms with Crippen LogP contribution in [0.3, 0.4) is 0 Å². The quantitative estimate of drug-likeness (QED) is 0.881. The molecule has 0 aliphatic rings. The zero-order valence-corrected chi connectivity index (χ0v) is 10.7. The van der Waals surface area contributed by atoms with Crippen LogP contribution in [0.4, 0.5) is 13.2 Å². The number of hydrogen-bond acceptors (Lipinski definition) is 2. The van der Waals surface area contributed by atoms with Gasteiger partial charge in [0.1, 0.15) is 0 Å². The highest BCUT2D eigenvalue weighted by Gasteiger charge is 2.35. The van der Waals surface area contributed by atoms with Gasteiger partial charge < -0.3 is 5.73 Å². The van der Waals surface area contributed by atoms with Crippen LogP contribution in [0, 0.1) is 0 Å². The number of nitrogens with two attached hydrogens (primary N) is 1. The molecule has 0 unspecified atom stereocenters. The normalized spacial score (nSPS) is 13.9. The van der Waals surface area contributed by atoms with E-state index in [1.54, 1.807) is 6.07 Å². The van der Waals surface area contributed by atoms with Crippen LogP contribution < -0.4 is 5.73 Å². The molecule has 1 aromatic carbocycles. The third-order valence-corrected chi connectivity index (χ3v) is 3.10. The number of benzene rings is 1. The largest absolute Gasteiger partial charge is 0.416 e. The second-order valence-corrected chi connectivity index (χ2v) is 4.06. The Morgan fingerprint density at radius 2 is 1.72 bits per heavy atom. The van der Waals surface area contributed by atoms with Gasteiger partial charge >= 0.3 is 6.18 Å². The smallest absolute Gasteiger partial charge is 0.329 e. The summed E-state index contributed by atoms with van der Waals surface area (Å²) in [6.45, 7) is 5.36. The molecule has 0 saturated carbocycles. The van der Waals surface area contributed by atoms with Crippen molar-refractivity contribution < 1.29 is 13.2 Å². The number of nitrogens with zero attached hydrogens (tertiary/aromatic N) is 1. The standard InChI is InChI=1S/C13H19F3N2/c1-3-18(4-2)12(9-17)10-7-5-6-8-11(10)13(14,15)16/h5-8,12H,3-4,9,17H2,1-2H3/t12-/m1/s1. The molecule has 0 radical (unpaired) electrons. The van der Waals surface area contributed by atoms with E-state index in [2.05, 4.69) is 0 Å². The maximum Gasteiger partial charge on any atom is 0.416 e. The fourth-order valence-electron chi connectivity index (χ4n) is 2.18. The lowest BCUT2D eigenvalue weighted by atomic mass is 9.98. The van der Waals surface area contributed by atoms with Crippen molar-refractivity contribution in [1.29, 1.82) is 0 Å². The summed E-state index contributed by atoms with van der Waals surface area (Å²) < 4.78 is 38.9. The molecule has 1 rings (SSSR count). The van der Waals surface area contributed by atoms with Gasteiger partial charge in [-0.3, -0.25) is 4.90 Å². The minimum absolute atomic E-state index is 0.175. The third kappa shape index (κ3) is 3.23. The van der Waals surface area contributed by atoms with Gasteiger partial charge in [-0.15, -0.1) is 0 Å². The minimum Gasteiger partial charge on any atom is -0.329 e. The van der Waals surface area contributed by atoms with Crippen molar-refractivity contribution in [1.82, 2.24) is 4.90 Å². The van der Waals surface area contributed by atoms with E-state index in [4.69, 9.17) is 5.73 Å².